The molecule has 3 rings (SSSR count). The molecule has 0 radical (unpaired) electrons. The van der Waals surface area contributed by atoms with E-state index in [1.807, 2.05) is 41.3 Å². The zero-order valence-electron chi connectivity index (χ0n) is 13.0. The fourth-order valence-electron chi connectivity index (χ4n) is 2.36. The number of carboxylic acid groups (broad SMARTS) is 1. The summed E-state index contributed by atoms with van der Waals surface area (Å²) in [5.41, 5.74) is 3.64. The summed E-state index contributed by atoms with van der Waals surface area (Å²) < 4.78 is 1.91. The summed E-state index contributed by atoms with van der Waals surface area (Å²) >= 11 is 0. The molecular formula is C17H18N4O2. The van der Waals surface area contributed by atoms with E-state index in [0.717, 1.165) is 16.7 Å². The molecule has 2 N–H and O–H groups in total. The first-order valence-electron chi connectivity index (χ1n) is 7.44. The van der Waals surface area contributed by atoms with Crippen molar-refractivity contribution in [2.24, 2.45) is 4.99 Å². The topological polar surface area (TPSA) is 79.5 Å². The van der Waals surface area contributed by atoms with Gasteiger partial charge in [-0.05, 0) is 25.5 Å². The van der Waals surface area contributed by atoms with Crippen LogP contribution in [0.15, 0.2) is 47.9 Å². The fourth-order valence-corrected chi connectivity index (χ4v) is 2.36. The van der Waals surface area contributed by atoms with E-state index in [1.165, 1.54) is 0 Å². The van der Waals surface area contributed by atoms with Gasteiger partial charge in [-0.15, -0.1) is 0 Å². The van der Waals surface area contributed by atoms with Gasteiger partial charge in [-0.2, -0.15) is 5.10 Å². The fraction of sp³-hybridized carbons (Fsp3) is 0.235. The van der Waals surface area contributed by atoms with E-state index in [-0.39, 0.29) is 12.3 Å². The molecule has 2 aromatic rings. The summed E-state index contributed by atoms with van der Waals surface area (Å²) in [6.45, 7) is 4.39. The van der Waals surface area contributed by atoms with Crippen molar-refractivity contribution < 1.29 is 9.90 Å². The van der Waals surface area contributed by atoms with Crippen LogP contribution < -0.4 is 5.32 Å². The first-order valence-corrected chi connectivity index (χ1v) is 7.44. The molecular weight excluding hydrogens is 292 g/mol. The van der Waals surface area contributed by atoms with Crippen molar-refractivity contribution in [2.75, 3.05) is 6.54 Å². The molecule has 2 heterocycles. The van der Waals surface area contributed by atoms with Gasteiger partial charge in [-0.25, -0.2) is 9.79 Å². The van der Waals surface area contributed by atoms with E-state index in [2.05, 4.69) is 29.3 Å². The van der Waals surface area contributed by atoms with Crippen molar-refractivity contribution in [3.8, 4) is 11.1 Å². The van der Waals surface area contributed by atoms with E-state index in [9.17, 15) is 4.79 Å². The Morgan fingerprint density at radius 1 is 1.30 bits per heavy atom. The molecule has 1 aromatic carbocycles. The lowest BCUT2D eigenvalue weighted by molar-refractivity contribution is -0.129. The Hall–Kier alpha value is -2.89. The van der Waals surface area contributed by atoms with Crippen LogP contribution >= 0.6 is 0 Å². The molecule has 23 heavy (non-hydrogen) atoms. The van der Waals surface area contributed by atoms with E-state index in [1.54, 1.807) is 6.20 Å². The second kappa shape index (κ2) is 6.08. The molecule has 1 aromatic heterocycles. The van der Waals surface area contributed by atoms with Crippen molar-refractivity contribution in [1.82, 2.24) is 15.1 Å². The second-order valence-corrected chi connectivity index (χ2v) is 5.66. The van der Waals surface area contributed by atoms with Gasteiger partial charge in [-0.1, -0.05) is 18.2 Å². The number of benzene rings is 1. The zero-order chi connectivity index (χ0) is 16.4. The summed E-state index contributed by atoms with van der Waals surface area (Å²) in [7, 11) is 0. The van der Waals surface area contributed by atoms with Crippen molar-refractivity contribution in [3.63, 3.8) is 0 Å². The zero-order valence-corrected chi connectivity index (χ0v) is 13.0. The maximum Gasteiger partial charge on any atom is 0.352 e. The molecule has 0 unspecified atom stereocenters. The number of nitrogens with zero attached hydrogens (tertiary/aromatic N) is 3. The highest BCUT2D eigenvalue weighted by Crippen LogP contribution is 2.25. The Morgan fingerprint density at radius 3 is 2.78 bits per heavy atom. The Morgan fingerprint density at radius 2 is 2.09 bits per heavy atom. The van der Waals surface area contributed by atoms with Crippen molar-refractivity contribution >= 4 is 17.4 Å². The van der Waals surface area contributed by atoms with Crippen LogP contribution in [0.3, 0.4) is 0 Å². The maximum absolute atomic E-state index is 11.1. The van der Waals surface area contributed by atoms with Crippen LogP contribution in [0, 0.1) is 0 Å². The smallest absolute Gasteiger partial charge is 0.352 e. The van der Waals surface area contributed by atoms with Crippen LogP contribution in [-0.2, 0) is 4.79 Å². The number of aliphatic carboxylic acids is 1. The van der Waals surface area contributed by atoms with Gasteiger partial charge in [-0.3, -0.25) is 4.68 Å². The maximum atomic E-state index is 11.1. The minimum Gasteiger partial charge on any atom is -0.477 e. The van der Waals surface area contributed by atoms with Crippen LogP contribution in [0.1, 0.15) is 25.5 Å². The number of hydrogen-bond donors (Lipinski definition) is 2. The van der Waals surface area contributed by atoms with E-state index < -0.39 is 5.97 Å². The van der Waals surface area contributed by atoms with Gasteiger partial charge in [0.1, 0.15) is 5.71 Å². The Labute approximate surface area is 134 Å². The monoisotopic (exact) mass is 310 g/mol. The molecule has 0 aliphatic carbocycles. The largest absolute Gasteiger partial charge is 0.477 e. The van der Waals surface area contributed by atoms with Gasteiger partial charge in [0, 0.05) is 29.6 Å². The van der Waals surface area contributed by atoms with Crippen LogP contribution in [0.25, 0.3) is 16.8 Å². The summed E-state index contributed by atoms with van der Waals surface area (Å²) in [5, 5.41) is 16.4. The highest BCUT2D eigenvalue weighted by atomic mass is 16.4. The van der Waals surface area contributed by atoms with Crippen LogP contribution in [0.4, 0.5) is 0 Å². The number of carboxylic acids is 1. The van der Waals surface area contributed by atoms with E-state index in [0.29, 0.717) is 11.7 Å². The van der Waals surface area contributed by atoms with Gasteiger partial charge in [0.15, 0.2) is 0 Å². The van der Waals surface area contributed by atoms with Crippen LogP contribution in [0.5, 0.6) is 0 Å². The summed E-state index contributed by atoms with van der Waals surface area (Å²) in [4.78, 5) is 15.3. The van der Waals surface area contributed by atoms with Crippen LogP contribution in [0.2, 0.25) is 0 Å². The van der Waals surface area contributed by atoms with Crippen molar-refractivity contribution in [1.29, 1.82) is 0 Å². The number of aromatic nitrogens is 2. The standard InChI is InChI=1S/C17H18N4O2/c1-11(2)21-10-14(7-19-21)12-4-3-5-13(6-12)15-8-18-9-16(20-15)17(22)23/h3-8,10-11,18H,9H2,1-2H3,(H,22,23). The number of carbonyl (C=O) groups is 1. The number of aliphatic imine (C=N–C) groups is 1. The van der Waals surface area contributed by atoms with Gasteiger partial charge in [0.05, 0.1) is 18.4 Å². The Bertz CT molecular complexity index is 802. The summed E-state index contributed by atoms with van der Waals surface area (Å²) in [6, 6.07) is 8.15. The summed E-state index contributed by atoms with van der Waals surface area (Å²) in [6.07, 6.45) is 5.57. The third kappa shape index (κ3) is 3.15. The molecule has 0 bridgehead atoms. The molecule has 0 saturated carbocycles. The predicted molar refractivity (Wildman–Crippen MR) is 89.1 cm³/mol. The van der Waals surface area contributed by atoms with Crippen molar-refractivity contribution in [3.05, 3.63) is 48.4 Å². The number of hydrogen-bond acceptors (Lipinski definition) is 4. The Kier molecular flexibility index (Phi) is 3.97. The van der Waals surface area contributed by atoms with Crippen LogP contribution in [-0.4, -0.2) is 33.1 Å². The molecule has 1 aliphatic heterocycles. The number of rotatable bonds is 4. The second-order valence-electron chi connectivity index (χ2n) is 5.66. The molecule has 6 heteroatoms. The average Bonchev–Trinajstić information content (AvgIpc) is 3.05. The van der Waals surface area contributed by atoms with E-state index in [4.69, 9.17) is 5.11 Å². The molecule has 1 aliphatic rings. The van der Waals surface area contributed by atoms with E-state index >= 15 is 0 Å². The van der Waals surface area contributed by atoms with Gasteiger partial charge in [0.25, 0.3) is 0 Å². The molecule has 0 atom stereocenters. The van der Waals surface area contributed by atoms with Gasteiger partial charge < -0.3 is 10.4 Å². The average molecular weight is 310 g/mol. The predicted octanol–water partition coefficient (Wildman–Crippen LogP) is 2.56. The molecule has 0 amide bonds. The lowest BCUT2D eigenvalue weighted by atomic mass is 10.0. The quantitative estimate of drug-likeness (QED) is 0.909. The normalized spacial score (nSPS) is 14.2. The summed E-state index contributed by atoms with van der Waals surface area (Å²) in [5.74, 6) is -1.00. The molecule has 0 fully saturated rings. The Balaban J connectivity index is 1.94. The highest BCUT2D eigenvalue weighted by Gasteiger charge is 2.15. The SMILES string of the molecule is CC(C)n1cc(-c2cccc(C3=CNCC(C(=O)O)=N3)c2)cn1. The molecule has 0 spiro atoms. The number of nitrogens with one attached hydrogen (secondary N) is 1. The first-order chi connectivity index (χ1) is 11.0. The minimum atomic E-state index is -1.00. The van der Waals surface area contributed by atoms with Gasteiger partial charge >= 0.3 is 5.97 Å². The van der Waals surface area contributed by atoms with Crippen molar-refractivity contribution in [2.45, 2.75) is 19.9 Å². The van der Waals surface area contributed by atoms with Gasteiger partial charge in [0.2, 0.25) is 0 Å². The third-order valence-electron chi connectivity index (χ3n) is 3.63. The lowest BCUT2D eigenvalue weighted by Gasteiger charge is -2.12. The highest BCUT2D eigenvalue weighted by molar-refractivity contribution is 6.37. The molecule has 6 nitrogen and oxygen atoms in total. The minimum absolute atomic E-state index is 0.112. The molecule has 0 saturated heterocycles. The molecule has 118 valence electrons. The third-order valence-corrected chi connectivity index (χ3v) is 3.63. The lowest BCUT2D eigenvalue weighted by Crippen LogP contribution is -2.28. The first kappa shape index (κ1) is 15.0.